The van der Waals surface area contributed by atoms with Crippen LogP contribution < -0.4 is 15.4 Å². The Labute approximate surface area is 189 Å². The van der Waals surface area contributed by atoms with E-state index in [0.29, 0.717) is 4.47 Å². The highest BCUT2D eigenvalue weighted by molar-refractivity contribution is 9.10. The summed E-state index contributed by atoms with van der Waals surface area (Å²) in [5.41, 5.74) is -0.0219. The molecule has 0 aliphatic carbocycles. The second-order valence-electron chi connectivity index (χ2n) is 6.04. The van der Waals surface area contributed by atoms with Crippen LogP contribution in [-0.4, -0.2) is 45.2 Å². The van der Waals surface area contributed by atoms with Crippen molar-refractivity contribution in [3.05, 3.63) is 50.6 Å². The van der Waals surface area contributed by atoms with Gasteiger partial charge >= 0.3 is 6.61 Å². The van der Waals surface area contributed by atoms with Crippen LogP contribution in [0.5, 0.6) is 5.75 Å². The molecule has 8 nitrogen and oxygen atoms in total. The molecule has 0 saturated carbocycles. The first-order valence-electron chi connectivity index (χ1n) is 8.54. The third-order valence-electron chi connectivity index (χ3n) is 3.77. The number of thiophene rings is 1. The molecule has 2 amide bonds. The van der Waals surface area contributed by atoms with Gasteiger partial charge in [0.2, 0.25) is 5.91 Å². The summed E-state index contributed by atoms with van der Waals surface area (Å²) in [7, 11) is -4.08. The van der Waals surface area contributed by atoms with E-state index in [0.717, 1.165) is 11.3 Å². The van der Waals surface area contributed by atoms with Gasteiger partial charge in [-0.05, 0) is 33.4 Å². The zero-order valence-electron chi connectivity index (χ0n) is 15.7. The summed E-state index contributed by atoms with van der Waals surface area (Å²) < 4.78 is 55.4. The second kappa shape index (κ2) is 11.2. The van der Waals surface area contributed by atoms with Gasteiger partial charge in [0, 0.05) is 10.0 Å². The first kappa shape index (κ1) is 24.7. The number of carbonyl (C=O) groups is 2. The van der Waals surface area contributed by atoms with Crippen molar-refractivity contribution in [3.8, 4) is 11.8 Å². The van der Waals surface area contributed by atoms with Gasteiger partial charge in [-0.25, -0.2) is 8.42 Å². The predicted octanol–water partition coefficient (Wildman–Crippen LogP) is 2.47. The summed E-state index contributed by atoms with van der Waals surface area (Å²) in [6.07, 6.45) is 0. The zero-order chi connectivity index (χ0) is 23.0. The van der Waals surface area contributed by atoms with Crippen molar-refractivity contribution in [1.29, 1.82) is 5.26 Å². The molecule has 0 aliphatic heterocycles. The Hall–Kier alpha value is -2.56. The largest absolute Gasteiger partial charge is 0.435 e. The maximum Gasteiger partial charge on any atom is 0.387 e. The monoisotopic (exact) mass is 535 g/mol. The SMILES string of the molecule is N#CCNC(=O)[C@H](CS(=O)(=O)Cc1ccccc1OC(F)F)NC(=O)c1sccc1Br. The Morgan fingerprint density at radius 3 is 2.58 bits per heavy atom. The molecular formula is C18H16BrF2N3O5S2. The molecule has 1 atom stereocenters. The van der Waals surface area contributed by atoms with E-state index < -0.39 is 45.8 Å². The molecule has 0 saturated heterocycles. The van der Waals surface area contributed by atoms with Crippen molar-refractivity contribution >= 4 is 48.9 Å². The van der Waals surface area contributed by atoms with Gasteiger partial charge in [-0.1, -0.05) is 18.2 Å². The zero-order valence-corrected chi connectivity index (χ0v) is 18.9. The molecule has 1 aromatic carbocycles. The summed E-state index contributed by atoms with van der Waals surface area (Å²) in [5, 5.41) is 14.8. The van der Waals surface area contributed by atoms with Gasteiger partial charge in [-0.15, -0.1) is 11.3 Å². The number of para-hydroxylation sites is 1. The number of amides is 2. The number of hydrogen-bond donors (Lipinski definition) is 2. The van der Waals surface area contributed by atoms with E-state index in [1.54, 1.807) is 17.5 Å². The standard InChI is InChI=1S/C18H16BrF2N3O5S2/c19-12-5-8-30-15(12)17(26)24-13(16(25)23-7-6-22)10-31(27,28)9-11-3-1-2-4-14(11)29-18(20)21/h1-5,8,13,18H,7,9-10H2,(H,23,25)(H,24,26)/t13-/m0/s1. The van der Waals surface area contributed by atoms with Crippen molar-refractivity contribution in [2.24, 2.45) is 0 Å². The molecule has 0 bridgehead atoms. The summed E-state index contributed by atoms with van der Waals surface area (Å²) in [4.78, 5) is 25.1. The number of alkyl halides is 2. The summed E-state index contributed by atoms with van der Waals surface area (Å²) >= 11 is 4.26. The summed E-state index contributed by atoms with van der Waals surface area (Å²) in [5.74, 6) is -3.38. The topological polar surface area (TPSA) is 125 Å². The lowest BCUT2D eigenvalue weighted by molar-refractivity contribution is -0.122. The van der Waals surface area contributed by atoms with Crippen LogP contribution in [0.3, 0.4) is 0 Å². The minimum Gasteiger partial charge on any atom is -0.435 e. The smallest absolute Gasteiger partial charge is 0.387 e. The molecule has 2 N–H and O–H groups in total. The number of halogens is 3. The fourth-order valence-electron chi connectivity index (χ4n) is 2.50. The molecular weight excluding hydrogens is 520 g/mol. The Kier molecular flexibility index (Phi) is 8.90. The lowest BCUT2D eigenvalue weighted by atomic mass is 10.2. The number of rotatable bonds is 10. The van der Waals surface area contributed by atoms with Crippen LogP contribution in [0.1, 0.15) is 15.2 Å². The molecule has 0 unspecified atom stereocenters. The van der Waals surface area contributed by atoms with Gasteiger partial charge in [0.25, 0.3) is 5.91 Å². The Bertz CT molecular complexity index is 1090. The molecule has 0 fully saturated rings. The van der Waals surface area contributed by atoms with Gasteiger partial charge in [0.1, 0.15) is 23.2 Å². The summed E-state index contributed by atoms with van der Waals surface area (Å²) in [6.45, 7) is -3.53. The van der Waals surface area contributed by atoms with Gasteiger partial charge < -0.3 is 15.4 Å². The minimum atomic E-state index is -4.08. The maximum atomic E-state index is 12.7. The molecule has 13 heteroatoms. The molecule has 0 radical (unpaired) electrons. The van der Waals surface area contributed by atoms with Gasteiger partial charge in [0.05, 0.1) is 17.6 Å². The molecule has 0 spiro atoms. The van der Waals surface area contributed by atoms with Gasteiger partial charge in [-0.2, -0.15) is 14.0 Å². The van der Waals surface area contributed by atoms with Crippen molar-refractivity contribution in [3.63, 3.8) is 0 Å². The van der Waals surface area contributed by atoms with E-state index in [4.69, 9.17) is 5.26 Å². The molecule has 1 aromatic heterocycles. The molecule has 2 rings (SSSR count). The Morgan fingerprint density at radius 2 is 1.97 bits per heavy atom. The maximum absolute atomic E-state index is 12.7. The Morgan fingerprint density at radius 1 is 1.26 bits per heavy atom. The number of ether oxygens (including phenoxy) is 1. The van der Waals surface area contributed by atoms with Crippen LogP contribution >= 0.6 is 27.3 Å². The Balaban J connectivity index is 2.22. The van der Waals surface area contributed by atoms with Crippen LogP contribution in [-0.2, 0) is 20.4 Å². The van der Waals surface area contributed by atoms with Crippen LogP contribution in [0.2, 0.25) is 0 Å². The lowest BCUT2D eigenvalue weighted by Gasteiger charge is -2.18. The van der Waals surface area contributed by atoms with Gasteiger partial charge in [0.15, 0.2) is 9.84 Å². The van der Waals surface area contributed by atoms with E-state index in [-0.39, 0.29) is 22.7 Å². The van der Waals surface area contributed by atoms with E-state index in [2.05, 4.69) is 31.3 Å². The third-order valence-corrected chi connectivity index (χ3v) is 7.20. The fraction of sp³-hybridized carbons (Fsp3) is 0.278. The highest BCUT2D eigenvalue weighted by Gasteiger charge is 2.29. The first-order chi connectivity index (χ1) is 14.6. The van der Waals surface area contributed by atoms with Crippen LogP contribution in [0.25, 0.3) is 0 Å². The number of nitrogens with one attached hydrogen (secondary N) is 2. The normalized spacial score (nSPS) is 12.1. The molecule has 31 heavy (non-hydrogen) atoms. The van der Waals surface area contributed by atoms with Crippen LogP contribution in [0, 0.1) is 11.3 Å². The lowest BCUT2D eigenvalue weighted by Crippen LogP contribution is -2.50. The minimum absolute atomic E-state index is 0.0219. The van der Waals surface area contributed by atoms with Gasteiger partial charge in [-0.3, -0.25) is 9.59 Å². The number of hydrogen-bond acceptors (Lipinski definition) is 7. The van der Waals surface area contributed by atoms with E-state index >= 15 is 0 Å². The molecule has 1 heterocycles. The first-order valence-corrected chi connectivity index (χ1v) is 12.0. The quantitative estimate of drug-likeness (QED) is 0.450. The number of benzene rings is 1. The predicted molar refractivity (Wildman–Crippen MR) is 112 cm³/mol. The number of nitriles is 1. The average molecular weight is 536 g/mol. The van der Waals surface area contributed by atoms with E-state index in [9.17, 15) is 26.8 Å². The number of carbonyl (C=O) groups excluding carboxylic acids is 2. The summed E-state index contributed by atoms with van der Waals surface area (Å²) in [6, 6.07) is 7.15. The van der Waals surface area contributed by atoms with Crippen molar-refractivity contribution in [1.82, 2.24) is 10.6 Å². The number of nitrogens with zero attached hydrogens (tertiary/aromatic N) is 1. The van der Waals surface area contributed by atoms with E-state index in [1.807, 2.05) is 0 Å². The van der Waals surface area contributed by atoms with Crippen molar-refractivity contribution < 1.29 is 31.5 Å². The van der Waals surface area contributed by atoms with Crippen molar-refractivity contribution in [2.45, 2.75) is 18.4 Å². The number of sulfone groups is 1. The highest BCUT2D eigenvalue weighted by atomic mass is 79.9. The highest BCUT2D eigenvalue weighted by Crippen LogP contribution is 2.24. The molecule has 166 valence electrons. The average Bonchev–Trinajstić information content (AvgIpc) is 3.12. The van der Waals surface area contributed by atoms with Crippen molar-refractivity contribution in [2.75, 3.05) is 12.3 Å². The second-order valence-corrected chi connectivity index (χ2v) is 9.92. The van der Waals surface area contributed by atoms with Crippen LogP contribution in [0.4, 0.5) is 8.78 Å². The third kappa shape index (κ3) is 7.57. The van der Waals surface area contributed by atoms with Crippen LogP contribution in [0.15, 0.2) is 40.2 Å². The molecule has 0 aliphatic rings. The fourth-order valence-corrected chi connectivity index (χ4v) is 5.52. The van der Waals surface area contributed by atoms with E-state index in [1.165, 1.54) is 24.3 Å². The molecule has 2 aromatic rings.